The smallest absolute Gasteiger partial charge is 0.231 e. The molecule has 0 amide bonds. The molecule has 18 heavy (non-hydrogen) atoms. The molecule has 0 spiro atoms. The number of phenolic OH excluding ortho intramolecular Hbond substituents is 1. The highest BCUT2D eigenvalue weighted by molar-refractivity contribution is 5.78. The van der Waals surface area contributed by atoms with E-state index in [0.717, 1.165) is 5.75 Å². The molecule has 1 aromatic heterocycles. The van der Waals surface area contributed by atoms with Gasteiger partial charge in [-0.1, -0.05) is 12.1 Å². The first-order valence-electron chi connectivity index (χ1n) is 5.51. The van der Waals surface area contributed by atoms with Crippen LogP contribution in [0.1, 0.15) is 0 Å². The molecule has 0 fully saturated rings. The summed E-state index contributed by atoms with van der Waals surface area (Å²) in [6, 6.07) is 12.3. The van der Waals surface area contributed by atoms with Crippen LogP contribution < -0.4 is 4.74 Å². The van der Waals surface area contributed by atoms with Gasteiger partial charge < -0.3 is 14.3 Å². The fourth-order valence-electron chi connectivity index (χ4n) is 1.80. The molecule has 0 aliphatic carbocycles. The maximum absolute atomic E-state index is 9.77. The number of methoxy groups -OCH3 is 1. The Balaban J connectivity index is 2.17. The zero-order chi connectivity index (χ0) is 12.5. The third-order valence-electron chi connectivity index (χ3n) is 2.73. The van der Waals surface area contributed by atoms with Crippen LogP contribution in [0.5, 0.6) is 11.5 Å². The Labute approximate surface area is 103 Å². The van der Waals surface area contributed by atoms with Crippen LogP contribution >= 0.6 is 0 Å². The molecule has 0 aliphatic heterocycles. The summed E-state index contributed by atoms with van der Waals surface area (Å²) in [4.78, 5) is 4.35. The Kier molecular flexibility index (Phi) is 2.41. The summed E-state index contributed by atoms with van der Waals surface area (Å²) in [7, 11) is 1.60. The Morgan fingerprint density at radius 2 is 2.00 bits per heavy atom. The van der Waals surface area contributed by atoms with Crippen LogP contribution in [0.3, 0.4) is 0 Å². The van der Waals surface area contributed by atoms with Gasteiger partial charge in [-0.15, -0.1) is 0 Å². The van der Waals surface area contributed by atoms with Crippen molar-refractivity contribution < 1.29 is 14.3 Å². The molecule has 0 saturated heterocycles. The molecule has 4 heteroatoms. The van der Waals surface area contributed by atoms with Gasteiger partial charge in [-0.2, -0.15) is 0 Å². The average Bonchev–Trinajstić information content (AvgIpc) is 2.81. The van der Waals surface area contributed by atoms with Crippen molar-refractivity contribution in [3.05, 3.63) is 42.5 Å². The van der Waals surface area contributed by atoms with Crippen LogP contribution in [0.15, 0.2) is 46.9 Å². The molecule has 0 bridgehead atoms. The van der Waals surface area contributed by atoms with E-state index in [1.165, 1.54) is 0 Å². The molecule has 90 valence electrons. The van der Waals surface area contributed by atoms with E-state index in [1.54, 1.807) is 37.4 Å². The predicted octanol–water partition coefficient (Wildman–Crippen LogP) is 3.21. The monoisotopic (exact) mass is 241 g/mol. The molecular formula is C14H11NO3. The number of phenols is 1. The first-order chi connectivity index (χ1) is 8.78. The lowest BCUT2D eigenvalue weighted by molar-refractivity contribution is 0.415. The molecule has 2 aromatic carbocycles. The van der Waals surface area contributed by atoms with Gasteiger partial charge in [0.25, 0.3) is 0 Å². The molecular weight excluding hydrogens is 230 g/mol. The molecule has 0 aliphatic rings. The summed E-state index contributed by atoms with van der Waals surface area (Å²) in [5, 5.41) is 9.77. The number of nitrogens with zero attached hydrogens (tertiary/aromatic N) is 1. The molecule has 4 nitrogen and oxygen atoms in total. The predicted molar refractivity (Wildman–Crippen MR) is 67.7 cm³/mol. The number of ether oxygens (including phenoxy) is 1. The van der Waals surface area contributed by atoms with E-state index >= 15 is 0 Å². The van der Waals surface area contributed by atoms with Gasteiger partial charge in [-0.05, 0) is 24.3 Å². The van der Waals surface area contributed by atoms with E-state index in [4.69, 9.17) is 9.15 Å². The number of para-hydroxylation sites is 1. The molecule has 3 rings (SSSR count). The minimum absolute atomic E-state index is 0.149. The number of fused-ring (bicyclic) bond motifs is 1. The summed E-state index contributed by atoms with van der Waals surface area (Å²) < 4.78 is 10.7. The quantitative estimate of drug-likeness (QED) is 0.748. The second-order valence-corrected chi connectivity index (χ2v) is 3.87. The van der Waals surface area contributed by atoms with E-state index in [1.807, 2.05) is 12.1 Å². The van der Waals surface area contributed by atoms with Crippen molar-refractivity contribution in [1.29, 1.82) is 0 Å². The molecule has 0 saturated carbocycles. The largest absolute Gasteiger partial charge is 0.507 e. The highest BCUT2D eigenvalue weighted by Crippen LogP contribution is 2.31. The standard InChI is InChI=1S/C14H11NO3/c1-17-9-6-7-13-11(8-9)15-14(18-13)10-4-2-3-5-12(10)16/h2-8,16H,1H3. The number of aromatic hydroxyl groups is 1. The zero-order valence-electron chi connectivity index (χ0n) is 9.75. The van der Waals surface area contributed by atoms with Gasteiger partial charge in [-0.25, -0.2) is 4.98 Å². The van der Waals surface area contributed by atoms with Gasteiger partial charge in [0, 0.05) is 6.07 Å². The lowest BCUT2D eigenvalue weighted by Gasteiger charge is -1.97. The number of hydrogen-bond acceptors (Lipinski definition) is 4. The fraction of sp³-hybridized carbons (Fsp3) is 0.0714. The van der Waals surface area contributed by atoms with Crippen molar-refractivity contribution in [1.82, 2.24) is 4.98 Å². The zero-order valence-corrected chi connectivity index (χ0v) is 9.75. The maximum atomic E-state index is 9.77. The molecule has 3 aromatic rings. The molecule has 0 radical (unpaired) electrons. The van der Waals surface area contributed by atoms with E-state index in [-0.39, 0.29) is 5.75 Å². The van der Waals surface area contributed by atoms with Crippen molar-refractivity contribution >= 4 is 11.1 Å². The SMILES string of the molecule is COc1ccc2oc(-c3ccccc3O)nc2c1. The Hall–Kier alpha value is -2.49. The average molecular weight is 241 g/mol. The van der Waals surface area contributed by atoms with Gasteiger partial charge in [-0.3, -0.25) is 0 Å². The van der Waals surface area contributed by atoms with E-state index < -0.39 is 0 Å². The lowest BCUT2D eigenvalue weighted by Crippen LogP contribution is -1.81. The van der Waals surface area contributed by atoms with Crippen LogP contribution in [-0.4, -0.2) is 17.2 Å². The van der Waals surface area contributed by atoms with Crippen molar-refractivity contribution in [3.63, 3.8) is 0 Å². The van der Waals surface area contributed by atoms with Gasteiger partial charge in [0.2, 0.25) is 5.89 Å². The summed E-state index contributed by atoms with van der Waals surface area (Å²) in [6.45, 7) is 0. The van der Waals surface area contributed by atoms with Crippen molar-refractivity contribution in [2.45, 2.75) is 0 Å². The second-order valence-electron chi connectivity index (χ2n) is 3.87. The van der Waals surface area contributed by atoms with Gasteiger partial charge in [0.05, 0.1) is 12.7 Å². The van der Waals surface area contributed by atoms with E-state index in [9.17, 15) is 5.11 Å². The van der Waals surface area contributed by atoms with Crippen molar-refractivity contribution in [2.24, 2.45) is 0 Å². The lowest BCUT2D eigenvalue weighted by atomic mass is 10.2. The first kappa shape index (κ1) is 10.7. The number of aromatic nitrogens is 1. The Morgan fingerprint density at radius 1 is 1.17 bits per heavy atom. The summed E-state index contributed by atoms with van der Waals surface area (Å²) in [5.74, 6) is 1.27. The third kappa shape index (κ3) is 1.68. The minimum atomic E-state index is 0.149. The van der Waals surface area contributed by atoms with Gasteiger partial charge >= 0.3 is 0 Å². The number of rotatable bonds is 2. The second kappa shape index (κ2) is 4.07. The Bertz CT molecular complexity index is 703. The van der Waals surface area contributed by atoms with Crippen LogP contribution in [-0.2, 0) is 0 Å². The fourth-order valence-corrected chi connectivity index (χ4v) is 1.80. The van der Waals surface area contributed by atoms with Crippen LogP contribution in [0.2, 0.25) is 0 Å². The number of benzene rings is 2. The first-order valence-corrected chi connectivity index (χ1v) is 5.51. The summed E-state index contributed by atoms with van der Waals surface area (Å²) >= 11 is 0. The van der Waals surface area contributed by atoms with Crippen LogP contribution in [0, 0.1) is 0 Å². The minimum Gasteiger partial charge on any atom is -0.507 e. The molecule has 1 heterocycles. The normalized spacial score (nSPS) is 10.7. The molecule has 0 atom stereocenters. The summed E-state index contributed by atoms with van der Waals surface area (Å²) in [5.41, 5.74) is 1.94. The van der Waals surface area contributed by atoms with Crippen molar-refractivity contribution in [3.8, 4) is 23.0 Å². The molecule has 1 N–H and O–H groups in total. The highest BCUT2D eigenvalue weighted by Gasteiger charge is 2.11. The van der Waals surface area contributed by atoms with Crippen molar-refractivity contribution in [2.75, 3.05) is 7.11 Å². The third-order valence-corrected chi connectivity index (χ3v) is 2.73. The number of oxazole rings is 1. The maximum Gasteiger partial charge on any atom is 0.231 e. The summed E-state index contributed by atoms with van der Waals surface area (Å²) in [6.07, 6.45) is 0. The van der Waals surface area contributed by atoms with E-state index in [2.05, 4.69) is 4.98 Å². The van der Waals surface area contributed by atoms with Crippen LogP contribution in [0.4, 0.5) is 0 Å². The highest BCUT2D eigenvalue weighted by atomic mass is 16.5. The van der Waals surface area contributed by atoms with E-state index in [0.29, 0.717) is 22.6 Å². The topological polar surface area (TPSA) is 55.5 Å². The van der Waals surface area contributed by atoms with Gasteiger partial charge in [0.1, 0.15) is 17.0 Å². The molecule has 0 unspecified atom stereocenters. The van der Waals surface area contributed by atoms with Gasteiger partial charge in [0.15, 0.2) is 5.58 Å². The number of hydrogen-bond donors (Lipinski definition) is 1. The Morgan fingerprint density at radius 3 is 2.78 bits per heavy atom. The van der Waals surface area contributed by atoms with Crippen LogP contribution in [0.25, 0.3) is 22.6 Å².